The summed E-state index contributed by atoms with van der Waals surface area (Å²) in [4.78, 5) is 39.9. The van der Waals surface area contributed by atoms with Crippen molar-refractivity contribution >= 4 is 17.1 Å². The van der Waals surface area contributed by atoms with Gasteiger partial charge in [0.05, 0.1) is 17.6 Å². The van der Waals surface area contributed by atoms with Crippen LogP contribution in [0.3, 0.4) is 0 Å². The molecule has 0 aliphatic heterocycles. The molecule has 0 bridgehead atoms. The minimum Gasteiger partial charge on any atom is -0.478 e. The molecule has 0 aliphatic rings. The smallest absolute Gasteiger partial charge is 0.335 e. The molecule has 0 atom stereocenters. The highest BCUT2D eigenvalue weighted by atomic mass is 16.4. The molecule has 0 spiro atoms. The van der Waals surface area contributed by atoms with E-state index in [1.54, 1.807) is 37.4 Å². The summed E-state index contributed by atoms with van der Waals surface area (Å²) < 4.78 is 2.72. The van der Waals surface area contributed by atoms with Gasteiger partial charge in [0.2, 0.25) is 0 Å². The fraction of sp³-hybridized carbons (Fsp3) is 0.176. The van der Waals surface area contributed by atoms with Crippen LogP contribution in [0, 0.1) is 0 Å². The number of nitrogens with zero attached hydrogens (tertiary/aromatic N) is 3. The number of carbonyl (C=O) groups is 1. The number of hydrogen-bond acceptors (Lipinski definition) is 4. The van der Waals surface area contributed by atoms with Crippen LogP contribution in [-0.2, 0) is 13.1 Å². The van der Waals surface area contributed by atoms with Crippen LogP contribution in [0.4, 0.5) is 0 Å². The molecule has 2 heterocycles. The van der Waals surface area contributed by atoms with E-state index in [-0.39, 0.29) is 12.1 Å². The molecular formula is C17H15N3O4. The lowest BCUT2D eigenvalue weighted by Gasteiger charge is -2.13. The van der Waals surface area contributed by atoms with Crippen molar-refractivity contribution in [3.05, 3.63) is 74.4 Å². The first kappa shape index (κ1) is 15.7. The summed E-state index contributed by atoms with van der Waals surface area (Å²) in [6.45, 7) is 2.32. The number of carboxylic acid groups (broad SMARTS) is 1. The fourth-order valence-corrected chi connectivity index (χ4v) is 2.64. The predicted octanol–water partition coefficient (Wildman–Crippen LogP) is 1.32. The van der Waals surface area contributed by atoms with Crippen molar-refractivity contribution in [2.45, 2.75) is 20.0 Å². The zero-order valence-corrected chi connectivity index (χ0v) is 13.0. The largest absolute Gasteiger partial charge is 0.478 e. The first-order valence-corrected chi connectivity index (χ1v) is 7.43. The molecule has 7 heteroatoms. The third kappa shape index (κ3) is 2.60. The molecule has 0 saturated heterocycles. The van der Waals surface area contributed by atoms with Crippen molar-refractivity contribution in [3.8, 4) is 0 Å². The second kappa shape index (κ2) is 6.11. The first-order valence-electron chi connectivity index (χ1n) is 7.43. The van der Waals surface area contributed by atoms with Crippen LogP contribution in [0.1, 0.15) is 22.8 Å². The number of aromatic nitrogens is 3. The number of hydrogen-bond donors (Lipinski definition) is 1. The van der Waals surface area contributed by atoms with Crippen LogP contribution in [0.2, 0.25) is 0 Å². The molecule has 0 amide bonds. The highest BCUT2D eigenvalue weighted by Crippen LogP contribution is 2.11. The van der Waals surface area contributed by atoms with E-state index in [9.17, 15) is 14.4 Å². The second-order valence-electron chi connectivity index (χ2n) is 5.29. The molecular weight excluding hydrogens is 310 g/mol. The zero-order chi connectivity index (χ0) is 17.3. The van der Waals surface area contributed by atoms with E-state index in [2.05, 4.69) is 4.98 Å². The van der Waals surface area contributed by atoms with E-state index in [4.69, 9.17) is 5.11 Å². The lowest BCUT2D eigenvalue weighted by atomic mass is 10.1. The van der Waals surface area contributed by atoms with Crippen LogP contribution in [-0.4, -0.2) is 25.2 Å². The maximum Gasteiger partial charge on any atom is 0.335 e. The Kier molecular flexibility index (Phi) is 3.99. The lowest BCUT2D eigenvalue weighted by molar-refractivity contribution is 0.0697. The van der Waals surface area contributed by atoms with Crippen LogP contribution in [0.25, 0.3) is 11.2 Å². The minimum absolute atomic E-state index is 0.145. The van der Waals surface area contributed by atoms with Crippen LogP contribution in [0.5, 0.6) is 0 Å². The van der Waals surface area contributed by atoms with Gasteiger partial charge in [0.15, 0.2) is 5.65 Å². The van der Waals surface area contributed by atoms with Crippen molar-refractivity contribution in [1.29, 1.82) is 0 Å². The van der Waals surface area contributed by atoms with Crippen molar-refractivity contribution in [2.75, 3.05) is 0 Å². The Bertz CT molecular complexity index is 1030. The van der Waals surface area contributed by atoms with Crippen molar-refractivity contribution in [3.63, 3.8) is 0 Å². The molecule has 1 N–H and O–H groups in total. The Labute approximate surface area is 136 Å². The summed E-state index contributed by atoms with van der Waals surface area (Å²) in [5.74, 6) is -1.02. The van der Waals surface area contributed by atoms with Gasteiger partial charge in [-0.05, 0) is 36.8 Å². The van der Waals surface area contributed by atoms with Gasteiger partial charge in [-0.2, -0.15) is 0 Å². The zero-order valence-electron chi connectivity index (χ0n) is 13.0. The SMILES string of the molecule is CCn1c(=O)c(=O)n(Cc2ccc(C(=O)O)cc2)c2ncccc21. The quantitative estimate of drug-likeness (QED) is 0.730. The maximum atomic E-state index is 12.4. The molecule has 3 rings (SSSR count). The molecule has 0 fully saturated rings. The number of pyridine rings is 1. The number of aromatic carboxylic acids is 1. The molecule has 3 aromatic rings. The summed E-state index contributed by atoms with van der Waals surface area (Å²) in [7, 11) is 0. The van der Waals surface area contributed by atoms with Crippen molar-refractivity contribution in [2.24, 2.45) is 0 Å². The Hall–Kier alpha value is -3.22. The number of benzene rings is 1. The van der Waals surface area contributed by atoms with Gasteiger partial charge in [0.25, 0.3) is 0 Å². The molecule has 2 aromatic heterocycles. The average molecular weight is 325 g/mol. The van der Waals surface area contributed by atoms with Crippen LogP contribution in [0.15, 0.2) is 52.2 Å². The Morgan fingerprint density at radius 1 is 1.08 bits per heavy atom. The Morgan fingerprint density at radius 2 is 1.75 bits per heavy atom. The van der Waals surface area contributed by atoms with Crippen LogP contribution < -0.4 is 11.1 Å². The van der Waals surface area contributed by atoms with Gasteiger partial charge < -0.3 is 9.67 Å². The molecule has 7 nitrogen and oxygen atoms in total. The van der Waals surface area contributed by atoms with E-state index in [0.29, 0.717) is 23.3 Å². The topological polar surface area (TPSA) is 94.2 Å². The third-order valence-corrected chi connectivity index (χ3v) is 3.84. The average Bonchev–Trinajstić information content (AvgIpc) is 2.60. The van der Waals surface area contributed by atoms with E-state index in [1.165, 1.54) is 21.3 Å². The van der Waals surface area contributed by atoms with Crippen LogP contribution >= 0.6 is 0 Å². The summed E-state index contributed by atoms with van der Waals surface area (Å²) >= 11 is 0. The maximum absolute atomic E-state index is 12.4. The highest BCUT2D eigenvalue weighted by Gasteiger charge is 2.13. The monoisotopic (exact) mass is 325 g/mol. The number of rotatable bonds is 4. The molecule has 24 heavy (non-hydrogen) atoms. The van der Waals surface area contributed by atoms with Gasteiger partial charge in [-0.25, -0.2) is 9.78 Å². The van der Waals surface area contributed by atoms with E-state index in [1.807, 2.05) is 0 Å². The Morgan fingerprint density at radius 3 is 2.38 bits per heavy atom. The van der Waals surface area contributed by atoms with E-state index >= 15 is 0 Å². The van der Waals surface area contributed by atoms with Gasteiger partial charge >= 0.3 is 17.1 Å². The lowest BCUT2D eigenvalue weighted by Crippen LogP contribution is -2.41. The molecule has 1 aromatic carbocycles. The highest BCUT2D eigenvalue weighted by molar-refractivity contribution is 5.87. The summed E-state index contributed by atoms with van der Waals surface area (Å²) in [5, 5.41) is 8.94. The summed E-state index contributed by atoms with van der Waals surface area (Å²) in [6.07, 6.45) is 1.57. The van der Waals surface area contributed by atoms with Gasteiger partial charge in [-0.3, -0.25) is 14.2 Å². The van der Waals surface area contributed by atoms with Gasteiger partial charge in [0.1, 0.15) is 0 Å². The predicted molar refractivity (Wildman–Crippen MR) is 88.4 cm³/mol. The van der Waals surface area contributed by atoms with Crippen molar-refractivity contribution in [1.82, 2.24) is 14.1 Å². The normalized spacial score (nSPS) is 10.9. The Balaban J connectivity index is 2.16. The van der Waals surface area contributed by atoms with Gasteiger partial charge in [-0.1, -0.05) is 12.1 Å². The van der Waals surface area contributed by atoms with E-state index < -0.39 is 17.1 Å². The molecule has 0 aliphatic carbocycles. The number of fused-ring (bicyclic) bond motifs is 1. The fourth-order valence-electron chi connectivity index (χ4n) is 2.64. The standard InChI is InChI=1S/C17H15N3O4/c1-2-19-13-4-3-9-18-14(13)20(16(22)15(19)21)10-11-5-7-12(8-6-11)17(23)24/h3-9H,2,10H2,1H3,(H,23,24). The van der Waals surface area contributed by atoms with E-state index in [0.717, 1.165) is 0 Å². The number of carboxylic acids is 1. The minimum atomic E-state index is -1.02. The summed E-state index contributed by atoms with van der Waals surface area (Å²) in [6, 6.07) is 9.63. The molecule has 0 radical (unpaired) electrons. The van der Waals surface area contributed by atoms with Gasteiger partial charge in [0, 0.05) is 12.7 Å². The first-order chi connectivity index (χ1) is 11.5. The number of aryl methyl sites for hydroxylation is 1. The van der Waals surface area contributed by atoms with Gasteiger partial charge in [-0.15, -0.1) is 0 Å². The van der Waals surface area contributed by atoms with Crippen molar-refractivity contribution < 1.29 is 9.90 Å². The third-order valence-electron chi connectivity index (χ3n) is 3.84. The molecule has 0 unspecified atom stereocenters. The summed E-state index contributed by atoms with van der Waals surface area (Å²) in [5.41, 5.74) is 0.640. The molecule has 122 valence electrons. The molecule has 0 saturated carbocycles. The second-order valence-corrected chi connectivity index (χ2v) is 5.29.